The van der Waals surface area contributed by atoms with Gasteiger partial charge in [-0.2, -0.15) is 0 Å². The average molecular weight is 243 g/mol. The van der Waals surface area contributed by atoms with E-state index < -0.39 is 6.04 Å². The lowest BCUT2D eigenvalue weighted by atomic mass is 10.0. The van der Waals surface area contributed by atoms with Crippen LogP contribution in [-0.4, -0.2) is 11.4 Å². The molecule has 0 radical (unpaired) electrons. The van der Waals surface area contributed by atoms with Crippen LogP contribution < -0.4 is 11.1 Å². The molecule has 0 spiro atoms. The van der Waals surface area contributed by atoms with Crippen LogP contribution in [0.15, 0.2) is 30.3 Å². The Bertz CT molecular complexity index is 333. The topological polar surface area (TPSA) is 55.1 Å². The number of carbonyl (C=O) groups is 1. The third-order valence-electron chi connectivity index (χ3n) is 1.94. The number of amides is 1. The van der Waals surface area contributed by atoms with Gasteiger partial charge in [0.1, 0.15) is 6.04 Å². The third kappa shape index (κ3) is 4.64. The van der Waals surface area contributed by atoms with Crippen molar-refractivity contribution in [2.45, 2.75) is 32.4 Å². The molecule has 3 N–H and O–H groups in total. The van der Waals surface area contributed by atoms with Crippen LogP contribution in [-0.2, 0) is 4.79 Å². The molecule has 0 aliphatic carbocycles. The number of carbonyl (C=O) groups excluding carboxylic acids is 1. The van der Waals surface area contributed by atoms with Crippen molar-refractivity contribution >= 4 is 18.3 Å². The van der Waals surface area contributed by atoms with Gasteiger partial charge in [0.05, 0.1) is 0 Å². The Balaban J connectivity index is 0.00000225. The molecule has 0 saturated heterocycles. The van der Waals surface area contributed by atoms with Crippen molar-refractivity contribution in [3.05, 3.63) is 35.9 Å². The number of hydrogen-bond donors (Lipinski definition) is 2. The summed E-state index contributed by atoms with van der Waals surface area (Å²) in [6.07, 6.45) is 0. The van der Waals surface area contributed by atoms with Crippen molar-refractivity contribution in [1.29, 1.82) is 0 Å². The lowest BCUT2D eigenvalue weighted by Crippen LogP contribution is -2.45. The Kier molecular flexibility index (Phi) is 5.48. The molecule has 1 aromatic carbocycles. The zero-order chi connectivity index (χ0) is 11.5. The monoisotopic (exact) mass is 242 g/mol. The Hall–Kier alpha value is -1.06. The second kappa shape index (κ2) is 5.87. The standard InChI is InChI=1S/C12H18N2O.ClH/c1-12(2,3)14-11(15)10(13)9-7-5-4-6-8-9;/h4-8,10H,13H2,1-3H3,(H,14,15);1H/t10-;/m1./s1. The van der Waals surface area contributed by atoms with E-state index in [1.807, 2.05) is 51.1 Å². The summed E-state index contributed by atoms with van der Waals surface area (Å²) in [5.74, 6) is -0.145. The first kappa shape index (κ1) is 14.9. The maximum absolute atomic E-state index is 11.7. The molecular formula is C12H19ClN2O. The van der Waals surface area contributed by atoms with E-state index in [4.69, 9.17) is 5.73 Å². The van der Waals surface area contributed by atoms with Crippen molar-refractivity contribution in [2.75, 3.05) is 0 Å². The first-order valence-corrected chi connectivity index (χ1v) is 5.03. The van der Waals surface area contributed by atoms with Gasteiger partial charge >= 0.3 is 0 Å². The first-order valence-electron chi connectivity index (χ1n) is 5.03. The molecule has 0 aliphatic heterocycles. The first-order chi connectivity index (χ1) is 6.90. The van der Waals surface area contributed by atoms with Gasteiger partial charge < -0.3 is 11.1 Å². The summed E-state index contributed by atoms with van der Waals surface area (Å²) < 4.78 is 0. The summed E-state index contributed by atoms with van der Waals surface area (Å²) in [4.78, 5) is 11.7. The summed E-state index contributed by atoms with van der Waals surface area (Å²) in [6, 6.07) is 8.77. The van der Waals surface area contributed by atoms with E-state index >= 15 is 0 Å². The van der Waals surface area contributed by atoms with Gasteiger partial charge in [0.2, 0.25) is 5.91 Å². The minimum Gasteiger partial charge on any atom is -0.350 e. The molecule has 0 heterocycles. The van der Waals surface area contributed by atoms with Crippen molar-refractivity contribution in [3.63, 3.8) is 0 Å². The van der Waals surface area contributed by atoms with Crippen LogP contribution in [0.5, 0.6) is 0 Å². The molecule has 1 amide bonds. The summed E-state index contributed by atoms with van der Waals surface area (Å²) in [5, 5.41) is 2.85. The highest BCUT2D eigenvalue weighted by atomic mass is 35.5. The van der Waals surface area contributed by atoms with Crippen molar-refractivity contribution in [2.24, 2.45) is 5.73 Å². The highest BCUT2D eigenvalue weighted by Gasteiger charge is 2.20. The second-order valence-electron chi connectivity index (χ2n) is 4.63. The molecule has 0 unspecified atom stereocenters. The van der Waals surface area contributed by atoms with E-state index in [-0.39, 0.29) is 23.9 Å². The van der Waals surface area contributed by atoms with Gasteiger partial charge in [0.25, 0.3) is 0 Å². The molecule has 1 aromatic rings. The van der Waals surface area contributed by atoms with Gasteiger partial charge in [-0.25, -0.2) is 0 Å². The van der Waals surface area contributed by atoms with Gasteiger partial charge in [0.15, 0.2) is 0 Å². The Morgan fingerprint density at radius 1 is 1.25 bits per heavy atom. The lowest BCUT2D eigenvalue weighted by molar-refractivity contribution is -0.123. The fourth-order valence-electron chi connectivity index (χ4n) is 1.26. The van der Waals surface area contributed by atoms with Crippen molar-refractivity contribution in [3.8, 4) is 0 Å². The summed E-state index contributed by atoms with van der Waals surface area (Å²) in [7, 11) is 0. The van der Waals surface area contributed by atoms with Crippen LogP contribution in [0.25, 0.3) is 0 Å². The summed E-state index contributed by atoms with van der Waals surface area (Å²) in [6.45, 7) is 5.80. The van der Waals surface area contributed by atoms with E-state index in [0.717, 1.165) is 5.56 Å². The zero-order valence-electron chi connectivity index (χ0n) is 9.86. The molecule has 1 atom stereocenters. The molecule has 1 rings (SSSR count). The SMILES string of the molecule is CC(C)(C)NC(=O)[C@H](N)c1ccccc1.Cl. The van der Waals surface area contributed by atoms with E-state index in [1.165, 1.54) is 0 Å². The fourth-order valence-corrected chi connectivity index (χ4v) is 1.26. The van der Waals surface area contributed by atoms with Gasteiger partial charge in [0, 0.05) is 5.54 Å². The molecule has 0 aliphatic rings. The maximum Gasteiger partial charge on any atom is 0.241 e. The number of rotatable bonds is 2. The second-order valence-corrected chi connectivity index (χ2v) is 4.63. The predicted octanol–water partition coefficient (Wildman–Crippen LogP) is 2.02. The molecule has 90 valence electrons. The van der Waals surface area contributed by atoms with E-state index in [0.29, 0.717) is 0 Å². The Morgan fingerprint density at radius 3 is 2.19 bits per heavy atom. The molecule has 0 saturated carbocycles. The molecule has 0 aromatic heterocycles. The van der Waals surface area contributed by atoms with Crippen molar-refractivity contribution in [1.82, 2.24) is 5.32 Å². The van der Waals surface area contributed by atoms with Crippen LogP contribution in [0.1, 0.15) is 32.4 Å². The smallest absolute Gasteiger partial charge is 0.241 e. The zero-order valence-corrected chi connectivity index (χ0v) is 10.7. The summed E-state index contributed by atoms with van der Waals surface area (Å²) >= 11 is 0. The number of halogens is 1. The minimum absolute atomic E-state index is 0. The number of hydrogen-bond acceptors (Lipinski definition) is 2. The van der Waals surface area contributed by atoms with Crippen LogP contribution in [0.3, 0.4) is 0 Å². The number of benzene rings is 1. The average Bonchev–Trinajstić information content (AvgIpc) is 2.15. The normalized spacial score (nSPS) is 12.5. The van der Waals surface area contributed by atoms with Gasteiger partial charge in [-0.3, -0.25) is 4.79 Å². The van der Waals surface area contributed by atoms with Gasteiger partial charge in [-0.05, 0) is 26.3 Å². The lowest BCUT2D eigenvalue weighted by Gasteiger charge is -2.23. The molecule has 16 heavy (non-hydrogen) atoms. The largest absolute Gasteiger partial charge is 0.350 e. The molecule has 4 heteroatoms. The van der Waals surface area contributed by atoms with Crippen molar-refractivity contribution < 1.29 is 4.79 Å². The summed E-state index contributed by atoms with van der Waals surface area (Å²) in [5.41, 5.74) is 6.42. The maximum atomic E-state index is 11.7. The highest BCUT2D eigenvalue weighted by Crippen LogP contribution is 2.11. The Labute approximate surface area is 103 Å². The number of nitrogens with two attached hydrogens (primary N) is 1. The number of nitrogens with one attached hydrogen (secondary N) is 1. The molecular weight excluding hydrogens is 224 g/mol. The third-order valence-corrected chi connectivity index (χ3v) is 1.94. The minimum atomic E-state index is -0.592. The van der Waals surface area contributed by atoms with Crippen LogP contribution in [0.2, 0.25) is 0 Å². The predicted molar refractivity (Wildman–Crippen MR) is 68.5 cm³/mol. The van der Waals surface area contributed by atoms with Crippen LogP contribution >= 0.6 is 12.4 Å². The van der Waals surface area contributed by atoms with Gasteiger partial charge in [-0.15, -0.1) is 12.4 Å². The quantitative estimate of drug-likeness (QED) is 0.834. The molecule has 0 fully saturated rings. The van der Waals surface area contributed by atoms with E-state index in [2.05, 4.69) is 5.32 Å². The fraction of sp³-hybridized carbons (Fsp3) is 0.417. The highest BCUT2D eigenvalue weighted by molar-refractivity contribution is 5.85. The molecule has 3 nitrogen and oxygen atoms in total. The molecule has 0 bridgehead atoms. The van der Waals surface area contributed by atoms with E-state index in [9.17, 15) is 4.79 Å². The van der Waals surface area contributed by atoms with Gasteiger partial charge in [-0.1, -0.05) is 30.3 Å². The van der Waals surface area contributed by atoms with E-state index in [1.54, 1.807) is 0 Å². The van der Waals surface area contributed by atoms with Crippen LogP contribution in [0.4, 0.5) is 0 Å². The Morgan fingerprint density at radius 2 is 1.75 bits per heavy atom. The van der Waals surface area contributed by atoms with Crippen LogP contribution in [0, 0.1) is 0 Å².